The number of nitrogens with one attached hydrogen (secondary N) is 1. The van der Waals surface area contributed by atoms with Crippen LogP contribution in [0.5, 0.6) is 5.75 Å². The number of hydrogen-bond donors (Lipinski definition) is 2. The third-order valence-corrected chi connectivity index (χ3v) is 7.01. The molecule has 2 aromatic rings. The molecule has 0 radical (unpaired) electrons. The molecule has 0 saturated carbocycles. The van der Waals surface area contributed by atoms with Gasteiger partial charge < -0.3 is 29.2 Å². The van der Waals surface area contributed by atoms with E-state index in [4.69, 9.17) is 14.2 Å². The highest BCUT2D eigenvalue weighted by Crippen LogP contribution is 2.41. The quantitative estimate of drug-likeness (QED) is 0.240. The Morgan fingerprint density at radius 2 is 1.78 bits per heavy atom. The number of carbonyl (C=O) groups is 3. The molecule has 198 valence electrons. The number of amides is 1. The van der Waals surface area contributed by atoms with Crippen LogP contribution < -0.4 is 4.74 Å². The number of ether oxygens (including phenoxy) is 3. The first-order valence-corrected chi connectivity index (χ1v) is 12.3. The molecule has 1 aromatic carbocycles. The highest BCUT2D eigenvalue weighted by Gasteiger charge is 2.46. The van der Waals surface area contributed by atoms with Crippen LogP contribution in [0.15, 0.2) is 29.8 Å². The van der Waals surface area contributed by atoms with Crippen LogP contribution in [-0.2, 0) is 19.1 Å². The van der Waals surface area contributed by atoms with Gasteiger partial charge in [0.25, 0.3) is 11.7 Å². The van der Waals surface area contributed by atoms with E-state index in [1.807, 2.05) is 0 Å². The fourth-order valence-electron chi connectivity index (χ4n) is 5.08. The number of aryl methyl sites for hydroxylation is 1. The predicted octanol–water partition coefficient (Wildman–Crippen LogP) is 2.57. The first-order valence-electron chi connectivity index (χ1n) is 12.3. The number of morpholine rings is 1. The summed E-state index contributed by atoms with van der Waals surface area (Å²) < 4.78 is 15.5. The lowest BCUT2D eigenvalue weighted by Gasteiger charge is -2.29. The van der Waals surface area contributed by atoms with Crippen molar-refractivity contribution in [3.63, 3.8) is 0 Å². The summed E-state index contributed by atoms with van der Waals surface area (Å²) in [4.78, 5) is 45.5. The Kier molecular flexibility index (Phi) is 7.99. The van der Waals surface area contributed by atoms with E-state index in [9.17, 15) is 19.5 Å². The van der Waals surface area contributed by atoms with Crippen LogP contribution in [0.3, 0.4) is 0 Å². The number of rotatable bonds is 8. The molecule has 1 aromatic heterocycles. The van der Waals surface area contributed by atoms with Crippen LogP contribution in [0.25, 0.3) is 5.76 Å². The van der Waals surface area contributed by atoms with Crippen LogP contribution in [0.2, 0.25) is 0 Å². The maximum Gasteiger partial charge on any atom is 0.354 e. The number of aromatic nitrogens is 1. The second kappa shape index (κ2) is 11.2. The predicted molar refractivity (Wildman–Crippen MR) is 135 cm³/mol. The van der Waals surface area contributed by atoms with Gasteiger partial charge in [0.15, 0.2) is 0 Å². The Balaban J connectivity index is 1.74. The van der Waals surface area contributed by atoms with Crippen LogP contribution in [0, 0.1) is 13.8 Å². The molecule has 0 unspecified atom stereocenters. The summed E-state index contributed by atoms with van der Waals surface area (Å²) in [6, 6.07) is 6.30. The first-order chi connectivity index (χ1) is 17.8. The van der Waals surface area contributed by atoms with Crippen molar-refractivity contribution in [2.45, 2.75) is 26.3 Å². The van der Waals surface area contributed by atoms with E-state index >= 15 is 0 Å². The summed E-state index contributed by atoms with van der Waals surface area (Å²) >= 11 is 0. The van der Waals surface area contributed by atoms with Gasteiger partial charge in [-0.3, -0.25) is 14.5 Å². The maximum absolute atomic E-state index is 13.4. The molecule has 2 saturated heterocycles. The van der Waals surface area contributed by atoms with Gasteiger partial charge in [0.2, 0.25) is 0 Å². The number of aliphatic hydroxyl groups is 1. The first kappa shape index (κ1) is 26.4. The van der Waals surface area contributed by atoms with Crippen molar-refractivity contribution < 1.29 is 33.7 Å². The normalized spacial score (nSPS) is 19.9. The van der Waals surface area contributed by atoms with Gasteiger partial charge >= 0.3 is 5.97 Å². The van der Waals surface area contributed by atoms with E-state index in [0.29, 0.717) is 54.3 Å². The van der Waals surface area contributed by atoms with E-state index in [1.165, 1.54) is 12.0 Å². The van der Waals surface area contributed by atoms with Crippen LogP contribution in [-0.4, -0.2) is 91.2 Å². The summed E-state index contributed by atoms with van der Waals surface area (Å²) in [5.41, 5.74) is 2.08. The SMILES string of the molecule is COC(=O)c1[nH]c(C)c(/C(O)=C2\C(=O)C(=O)N(CCCN3CCOCC3)[C@H]2c2ccc(OC)cc2)c1C. The Morgan fingerprint density at radius 3 is 2.41 bits per heavy atom. The Bertz CT molecular complexity index is 1210. The molecule has 1 amide bonds. The highest BCUT2D eigenvalue weighted by molar-refractivity contribution is 6.46. The summed E-state index contributed by atoms with van der Waals surface area (Å²) in [6.45, 7) is 7.47. The summed E-state index contributed by atoms with van der Waals surface area (Å²) in [6.07, 6.45) is 0.661. The van der Waals surface area contributed by atoms with Crippen LogP contribution in [0.1, 0.15) is 45.3 Å². The molecule has 0 bridgehead atoms. The molecule has 10 heteroatoms. The molecule has 2 aliphatic heterocycles. The minimum atomic E-state index is -0.786. The van der Waals surface area contributed by atoms with Crippen LogP contribution >= 0.6 is 0 Å². The molecule has 2 N–H and O–H groups in total. The van der Waals surface area contributed by atoms with Crippen molar-refractivity contribution in [3.8, 4) is 5.75 Å². The lowest BCUT2D eigenvalue weighted by atomic mass is 9.94. The molecular weight excluding hydrogens is 478 g/mol. The summed E-state index contributed by atoms with van der Waals surface area (Å²) in [5.74, 6) is -1.70. The molecule has 37 heavy (non-hydrogen) atoms. The Hall–Kier alpha value is -3.63. The van der Waals surface area contributed by atoms with Gasteiger partial charge in [-0.1, -0.05) is 12.1 Å². The van der Waals surface area contributed by atoms with Gasteiger partial charge in [-0.15, -0.1) is 0 Å². The summed E-state index contributed by atoms with van der Waals surface area (Å²) in [7, 11) is 2.83. The van der Waals surface area contributed by atoms with Crippen molar-refractivity contribution in [2.24, 2.45) is 0 Å². The fourth-order valence-corrected chi connectivity index (χ4v) is 5.08. The molecule has 10 nitrogen and oxygen atoms in total. The number of nitrogens with zero attached hydrogens (tertiary/aromatic N) is 2. The average molecular weight is 512 g/mol. The van der Waals surface area contributed by atoms with Gasteiger partial charge in [-0.2, -0.15) is 0 Å². The zero-order valence-corrected chi connectivity index (χ0v) is 21.6. The lowest BCUT2D eigenvalue weighted by molar-refractivity contribution is -0.140. The fraction of sp³-hybridized carbons (Fsp3) is 0.444. The molecule has 1 atom stereocenters. The standard InChI is InChI=1S/C27H33N3O7/c1-16-20(17(2)28-22(16)27(34)36-4)24(31)21-23(18-6-8-19(35-3)9-7-18)30(26(33)25(21)32)11-5-10-29-12-14-37-15-13-29/h6-9,23,28,31H,5,10-15H2,1-4H3/b24-21+/t23-/m0/s1. The Morgan fingerprint density at radius 1 is 1.11 bits per heavy atom. The maximum atomic E-state index is 13.4. The molecular formula is C27H33N3O7. The zero-order valence-electron chi connectivity index (χ0n) is 21.6. The van der Waals surface area contributed by atoms with Gasteiger partial charge in [-0.25, -0.2) is 4.79 Å². The number of H-pyrrole nitrogens is 1. The molecule has 4 rings (SSSR count). The zero-order chi connectivity index (χ0) is 26.7. The largest absolute Gasteiger partial charge is 0.507 e. The monoisotopic (exact) mass is 511 g/mol. The van der Waals surface area contributed by atoms with Crippen molar-refractivity contribution in [1.82, 2.24) is 14.8 Å². The number of ketones is 1. The minimum absolute atomic E-state index is 0.0110. The molecule has 3 heterocycles. The van der Waals surface area contributed by atoms with E-state index in [0.717, 1.165) is 19.6 Å². The van der Waals surface area contributed by atoms with E-state index in [2.05, 4.69) is 9.88 Å². The number of aromatic amines is 1. The van der Waals surface area contributed by atoms with Gasteiger partial charge in [0.05, 0.1) is 39.0 Å². The van der Waals surface area contributed by atoms with Crippen molar-refractivity contribution >= 4 is 23.4 Å². The average Bonchev–Trinajstić information content (AvgIpc) is 3.35. The lowest BCUT2D eigenvalue weighted by Crippen LogP contribution is -2.38. The van der Waals surface area contributed by atoms with Gasteiger partial charge in [0, 0.05) is 37.4 Å². The number of hydrogen-bond acceptors (Lipinski definition) is 8. The van der Waals surface area contributed by atoms with Gasteiger partial charge in [0.1, 0.15) is 17.2 Å². The number of methoxy groups -OCH3 is 2. The number of likely N-dealkylation sites (tertiary alicyclic amines) is 1. The number of Topliss-reactive ketones (excluding diaryl/α,β-unsaturated/α-hetero) is 1. The van der Waals surface area contributed by atoms with Crippen molar-refractivity contribution in [3.05, 3.63) is 57.9 Å². The minimum Gasteiger partial charge on any atom is -0.507 e. The second-order valence-corrected chi connectivity index (χ2v) is 9.19. The van der Waals surface area contributed by atoms with E-state index in [1.54, 1.807) is 45.2 Å². The smallest absolute Gasteiger partial charge is 0.354 e. The number of esters is 1. The topological polar surface area (TPSA) is 121 Å². The third-order valence-electron chi connectivity index (χ3n) is 7.01. The number of aliphatic hydroxyl groups excluding tert-OH is 1. The molecule has 0 aliphatic carbocycles. The van der Waals surface area contributed by atoms with E-state index in [-0.39, 0.29) is 17.0 Å². The van der Waals surface area contributed by atoms with Gasteiger partial charge in [-0.05, 0) is 43.5 Å². The van der Waals surface area contributed by atoms with Crippen LogP contribution in [0.4, 0.5) is 0 Å². The van der Waals surface area contributed by atoms with E-state index < -0.39 is 23.7 Å². The number of carbonyl (C=O) groups excluding carboxylic acids is 3. The highest BCUT2D eigenvalue weighted by atomic mass is 16.5. The Labute approximate surface area is 215 Å². The summed E-state index contributed by atoms with van der Waals surface area (Å²) in [5, 5.41) is 11.5. The third kappa shape index (κ3) is 5.12. The molecule has 2 aliphatic rings. The number of benzene rings is 1. The van der Waals surface area contributed by atoms with Crippen molar-refractivity contribution in [2.75, 3.05) is 53.6 Å². The molecule has 0 spiro atoms. The van der Waals surface area contributed by atoms with Crippen molar-refractivity contribution in [1.29, 1.82) is 0 Å². The second-order valence-electron chi connectivity index (χ2n) is 9.19. The molecule has 2 fully saturated rings.